The van der Waals surface area contributed by atoms with Gasteiger partial charge in [0.15, 0.2) is 11.2 Å². The van der Waals surface area contributed by atoms with Gasteiger partial charge >= 0.3 is 11.9 Å². The lowest BCUT2D eigenvalue weighted by Gasteiger charge is -2.21. The van der Waals surface area contributed by atoms with Gasteiger partial charge in [-0.2, -0.15) is 0 Å². The second kappa shape index (κ2) is 14.3. The van der Waals surface area contributed by atoms with Gasteiger partial charge in [0.2, 0.25) is 0 Å². The lowest BCUT2D eigenvalue weighted by molar-refractivity contribution is 0.0593. The second-order valence-electron chi connectivity index (χ2n) is 13.1. The van der Waals surface area contributed by atoms with Crippen LogP contribution in [0.25, 0.3) is 55.2 Å². The van der Waals surface area contributed by atoms with Crippen molar-refractivity contribution < 1.29 is 33.8 Å². The van der Waals surface area contributed by atoms with Crippen LogP contribution in [0.1, 0.15) is 49.4 Å². The van der Waals surface area contributed by atoms with Crippen LogP contribution in [-0.4, -0.2) is 45.0 Å². The molecule has 2 aromatic heterocycles. The van der Waals surface area contributed by atoms with Crippen LogP contribution in [0, 0.1) is 0 Å². The Bertz CT molecular complexity index is 2940. The molecule has 0 spiro atoms. The molecule has 276 valence electrons. The van der Waals surface area contributed by atoms with Crippen LogP contribution in [0.4, 0.5) is 11.4 Å². The first-order chi connectivity index (χ1) is 27.1. The summed E-state index contributed by atoms with van der Waals surface area (Å²) < 4.78 is 11.5. The maximum Gasteiger partial charge on any atom is 0.356 e. The van der Waals surface area contributed by atoms with E-state index in [0.29, 0.717) is 55.7 Å². The number of nitrogens with zero attached hydrogens (tertiary/aromatic N) is 2. The predicted octanol–water partition coefficient (Wildman–Crippen LogP) is 8.28. The average Bonchev–Trinajstić information content (AvgIpc) is 3.21. The molecule has 0 bridgehead atoms. The lowest BCUT2D eigenvalue weighted by Crippen LogP contribution is -2.15. The van der Waals surface area contributed by atoms with Gasteiger partial charge in [0.1, 0.15) is 28.5 Å². The zero-order chi connectivity index (χ0) is 39.1. The largest absolute Gasteiger partial charge is 0.507 e. The number of aromatic carboxylic acids is 1. The molecule has 2 aliphatic rings. The second-order valence-corrected chi connectivity index (χ2v) is 13.1. The number of phenols is 1. The van der Waals surface area contributed by atoms with E-state index >= 15 is 0 Å². The van der Waals surface area contributed by atoms with E-state index in [0.717, 1.165) is 10.8 Å². The first-order valence-corrected chi connectivity index (χ1v) is 17.6. The summed E-state index contributed by atoms with van der Waals surface area (Å²) in [6.07, 6.45) is 0. The molecule has 8 rings (SSSR count). The first-order valence-electron chi connectivity index (χ1n) is 17.6. The van der Waals surface area contributed by atoms with Gasteiger partial charge in [-0.15, -0.1) is 0 Å². The van der Waals surface area contributed by atoms with Gasteiger partial charge in [-0.3, -0.25) is 9.59 Å². The molecule has 0 saturated carbocycles. The highest BCUT2D eigenvalue weighted by atomic mass is 16.5. The van der Waals surface area contributed by atoms with Crippen molar-refractivity contribution in [1.29, 1.82) is 0 Å². The molecule has 4 aromatic carbocycles. The average molecular weight is 745 g/mol. The monoisotopic (exact) mass is 744 g/mol. The van der Waals surface area contributed by atoms with Crippen molar-refractivity contribution in [3.05, 3.63) is 147 Å². The number of pyridine rings is 2. The van der Waals surface area contributed by atoms with Gasteiger partial charge in [0.05, 0.1) is 46.2 Å². The maximum absolute atomic E-state index is 13.7. The molecule has 1 aliphatic heterocycles. The summed E-state index contributed by atoms with van der Waals surface area (Å²) in [7, 11) is 1.28. The van der Waals surface area contributed by atoms with Crippen molar-refractivity contribution in [1.82, 2.24) is 9.97 Å². The van der Waals surface area contributed by atoms with Crippen LogP contribution >= 0.6 is 0 Å². The van der Waals surface area contributed by atoms with Gasteiger partial charge in [0, 0.05) is 47.3 Å². The molecule has 0 radical (unpaired) electrons. The van der Waals surface area contributed by atoms with Crippen LogP contribution in [0.5, 0.6) is 5.75 Å². The molecule has 6 aromatic rings. The van der Waals surface area contributed by atoms with Crippen LogP contribution in [0.2, 0.25) is 0 Å². The molecule has 0 atom stereocenters. The van der Waals surface area contributed by atoms with Crippen LogP contribution in [0.15, 0.2) is 118 Å². The summed E-state index contributed by atoms with van der Waals surface area (Å²) in [5, 5.41) is 30.4. The van der Waals surface area contributed by atoms with E-state index in [9.17, 15) is 29.4 Å². The van der Waals surface area contributed by atoms with Crippen LogP contribution in [-0.2, 0) is 17.8 Å². The SMILES string of the molecule is COC(=O)c1ccc2cccc(NCc3c(O)ccc4c(-c5ccccc5C(=O)O)c5ccc(=O)c(CNc6cccc7ccc(C(C)=O)nc67)c-5oc34)c2n1. The fraction of sp³-hybridized carbons (Fsp3) is 0.0909. The van der Waals surface area contributed by atoms with E-state index < -0.39 is 11.9 Å². The molecule has 4 N–H and O–H groups in total. The molecule has 0 unspecified atom stereocenters. The van der Waals surface area contributed by atoms with Crippen LogP contribution < -0.4 is 16.1 Å². The van der Waals surface area contributed by atoms with E-state index in [4.69, 9.17) is 9.15 Å². The van der Waals surface area contributed by atoms with E-state index in [2.05, 4.69) is 20.6 Å². The van der Waals surface area contributed by atoms with Crippen molar-refractivity contribution in [2.24, 2.45) is 0 Å². The van der Waals surface area contributed by atoms with E-state index in [1.165, 1.54) is 32.2 Å². The molecule has 56 heavy (non-hydrogen) atoms. The van der Waals surface area contributed by atoms with Gasteiger partial charge in [0.25, 0.3) is 0 Å². The predicted molar refractivity (Wildman–Crippen MR) is 213 cm³/mol. The van der Waals surface area contributed by atoms with Crippen LogP contribution in [0.3, 0.4) is 0 Å². The molecule has 12 heteroatoms. The Labute approximate surface area is 318 Å². The number of carbonyl (C=O) groups is 3. The number of carbonyl (C=O) groups excluding carboxylic acids is 2. The minimum absolute atomic E-state index is 0.00620. The first kappa shape index (κ1) is 35.4. The summed E-state index contributed by atoms with van der Waals surface area (Å²) in [4.78, 5) is 59.9. The number of benzene rings is 5. The van der Waals surface area contributed by atoms with Crippen molar-refractivity contribution in [3.63, 3.8) is 0 Å². The molecule has 1 aliphatic carbocycles. The van der Waals surface area contributed by atoms with Crippen molar-refractivity contribution in [3.8, 4) is 28.2 Å². The zero-order valence-electron chi connectivity index (χ0n) is 30.0. The third-order valence-corrected chi connectivity index (χ3v) is 9.73. The number of carboxylic acid groups (broad SMARTS) is 1. The van der Waals surface area contributed by atoms with Crippen molar-refractivity contribution in [2.75, 3.05) is 17.7 Å². The van der Waals surface area contributed by atoms with Gasteiger partial charge < -0.3 is 30.0 Å². The number of ether oxygens (including phenoxy) is 1. The van der Waals surface area contributed by atoms with E-state index in [-0.39, 0.29) is 58.2 Å². The number of ketones is 1. The minimum atomic E-state index is -1.14. The standard InChI is InChI=1S/C44H32N4O8/c1-23(49)32-17-13-24-7-5-11-33(39(24)47-32)45-21-30-36(50)19-15-28-38(26-9-3-4-10-27(26)43(52)53)29-16-20-37(51)31(42(29)56-41(28)30)22-46-34-12-6-8-25-14-18-35(44(54)55-2)48-40(25)34/h3-20,45-46,51H,21-22H2,1-2H3,(H,52,53). The van der Waals surface area contributed by atoms with Gasteiger partial charge in [-0.1, -0.05) is 54.6 Å². The molecule has 12 nitrogen and oxygen atoms in total. The Morgan fingerprint density at radius 3 is 2.02 bits per heavy atom. The molecular formula is C44H32N4O8. The number of aromatic hydroxyl groups is 1. The summed E-state index contributed by atoms with van der Waals surface area (Å²) in [6, 6.07) is 30.5. The van der Waals surface area contributed by atoms with E-state index in [1.54, 1.807) is 60.7 Å². The summed E-state index contributed by atoms with van der Waals surface area (Å²) in [6.45, 7) is 1.43. The number of esters is 1. The number of hydrogen-bond donors (Lipinski definition) is 4. The highest BCUT2D eigenvalue weighted by molar-refractivity contribution is 6.09. The Morgan fingerprint density at radius 1 is 0.714 bits per heavy atom. The topological polar surface area (TPSA) is 181 Å². The quantitative estimate of drug-likeness (QED) is 0.0599. The fourth-order valence-corrected chi connectivity index (χ4v) is 6.98. The smallest absolute Gasteiger partial charge is 0.356 e. The number of anilines is 2. The van der Waals surface area contributed by atoms with Crippen molar-refractivity contribution in [2.45, 2.75) is 20.0 Å². The van der Waals surface area contributed by atoms with Gasteiger partial charge in [-0.25, -0.2) is 19.6 Å². The summed E-state index contributed by atoms with van der Waals surface area (Å²) in [5.41, 5.74) is 4.45. The van der Waals surface area contributed by atoms with Gasteiger partial charge in [-0.05, 0) is 60.2 Å². The number of carboxylic acids is 1. The number of Topliss-reactive ketones (excluding diaryl/α,β-unsaturated/α-hetero) is 1. The third-order valence-electron chi connectivity index (χ3n) is 9.73. The third kappa shape index (κ3) is 6.28. The normalized spacial score (nSPS) is 11.2. The molecule has 0 saturated heterocycles. The number of nitrogens with one attached hydrogen (secondary N) is 2. The molecule has 0 amide bonds. The Kier molecular flexibility index (Phi) is 9.06. The number of phenolic OH excluding ortho intramolecular Hbond substituents is 1. The minimum Gasteiger partial charge on any atom is -0.507 e. The number of hydrogen-bond acceptors (Lipinski definition) is 11. The van der Waals surface area contributed by atoms with E-state index in [1.807, 2.05) is 30.3 Å². The summed E-state index contributed by atoms with van der Waals surface area (Å²) >= 11 is 0. The highest BCUT2D eigenvalue weighted by Crippen LogP contribution is 2.45. The molecule has 3 heterocycles. The molecular weight excluding hydrogens is 713 g/mol. The Balaban J connectivity index is 1.31. The Hall–Kier alpha value is -7.60. The fourth-order valence-electron chi connectivity index (χ4n) is 6.98. The number of aromatic nitrogens is 2. The maximum atomic E-state index is 13.7. The highest BCUT2D eigenvalue weighted by Gasteiger charge is 2.27. The Morgan fingerprint density at radius 2 is 1.36 bits per heavy atom. The summed E-state index contributed by atoms with van der Waals surface area (Å²) in [5.74, 6) is -1.85. The molecule has 0 fully saturated rings. The number of rotatable bonds is 10. The number of methoxy groups -OCH3 is 1. The van der Waals surface area contributed by atoms with Crippen molar-refractivity contribution >= 4 is 61.9 Å². The lowest BCUT2D eigenvalue weighted by atomic mass is 9.88. The number of para-hydroxylation sites is 2. The number of fused-ring (bicyclic) bond motifs is 4. The zero-order valence-corrected chi connectivity index (χ0v) is 30.0.